The molecule has 1 aromatic rings. The van der Waals surface area contributed by atoms with E-state index in [-0.39, 0.29) is 0 Å². The molecule has 1 heterocycles. The van der Waals surface area contributed by atoms with E-state index >= 15 is 0 Å². The molecule has 1 aromatic heterocycles. The van der Waals surface area contributed by atoms with Gasteiger partial charge in [0.25, 0.3) is 0 Å². The van der Waals surface area contributed by atoms with Gasteiger partial charge in [0.2, 0.25) is 5.88 Å². The van der Waals surface area contributed by atoms with Crippen LogP contribution in [0.3, 0.4) is 0 Å². The largest absolute Gasteiger partial charge is 0.473 e. The second-order valence-electron chi connectivity index (χ2n) is 5.12. The molecule has 0 unspecified atom stereocenters. The Bertz CT molecular complexity index is 431. The standard InChI is InChI=1S/C18H27NO/c1-5-9-15(4)14-20-18-13-8-12-17(19-18)16(10-6-2)11-7-3/h5,8-9,12-13,16H,4,6-7,10-11,14H2,1-3H3/b9-5-. The minimum Gasteiger partial charge on any atom is -0.473 e. The third-order valence-corrected chi connectivity index (χ3v) is 3.25. The summed E-state index contributed by atoms with van der Waals surface area (Å²) in [7, 11) is 0. The maximum Gasteiger partial charge on any atom is 0.213 e. The van der Waals surface area contributed by atoms with Crippen LogP contribution in [-0.4, -0.2) is 11.6 Å². The Kier molecular flexibility index (Phi) is 7.71. The minimum atomic E-state index is 0.493. The van der Waals surface area contributed by atoms with Gasteiger partial charge in [-0.2, -0.15) is 0 Å². The molecule has 2 nitrogen and oxygen atoms in total. The van der Waals surface area contributed by atoms with E-state index < -0.39 is 0 Å². The molecule has 2 heteroatoms. The van der Waals surface area contributed by atoms with Crippen molar-refractivity contribution in [2.75, 3.05) is 6.61 Å². The van der Waals surface area contributed by atoms with Crippen LogP contribution in [0, 0.1) is 0 Å². The third kappa shape index (κ3) is 5.60. The monoisotopic (exact) mass is 273 g/mol. The molecule has 20 heavy (non-hydrogen) atoms. The zero-order valence-corrected chi connectivity index (χ0v) is 13.1. The second kappa shape index (κ2) is 9.35. The predicted octanol–water partition coefficient (Wildman–Crippen LogP) is 5.28. The van der Waals surface area contributed by atoms with Crippen molar-refractivity contribution in [3.63, 3.8) is 0 Å². The Morgan fingerprint density at radius 3 is 2.60 bits per heavy atom. The van der Waals surface area contributed by atoms with Gasteiger partial charge >= 0.3 is 0 Å². The lowest BCUT2D eigenvalue weighted by atomic mass is 9.94. The average Bonchev–Trinajstić information content (AvgIpc) is 2.45. The van der Waals surface area contributed by atoms with Crippen LogP contribution in [0.2, 0.25) is 0 Å². The Hall–Kier alpha value is -1.57. The van der Waals surface area contributed by atoms with Gasteiger partial charge in [0.15, 0.2) is 0 Å². The number of rotatable bonds is 9. The van der Waals surface area contributed by atoms with E-state index in [1.807, 2.05) is 31.2 Å². The fourth-order valence-corrected chi connectivity index (χ4v) is 2.33. The highest BCUT2D eigenvalue weighted by Gasteiger charge is 2.12. The van der Waals surface area contributed by atoms with Gasteiger partial charge in [-0.25, -0.2) is 4.98 Å². The van der Waals surface area contributed by atoms with Crippen LogP contribution in [-0.2, 0) is 0 Å². The molecular formula is C18H27NO. The second-order valence-corrected chi connectivity index (χ2v) is 5.12. The van der Waals surface area contributed by atoms with Crippen molar-refractivity contribution in [1.82, 2.24) is 4.98 Å². The Morgan fingerprint density at radius 2 is 2.00 bits per heavy atom. The highest BCUT2D eigenvalue weighted by molar-refractivity contribution is 5.21. The number of nitrogens with zero attached hydrogens (tertiary/aromatic N) is 1. The molecule has 0 atom stereocenters. The van der Waals surface area contributed by atoms with Gasteiger partial charge in [-0.1, -0.05) is 51.5 Å². The van der Waals surface area contributed by atoms with Crippen LogP contribution in [0.25, 0.3) is 0 Å². The molecule has 0 amide bonds. The number of hydrogen-bond acceptors (Lipinski definition) is 2. The first-order chi connectivity index (χ1) is 9.71. The Labute approximate surface area is 123 Å². The van der Waals surface area contributed by atoms with Crippen LogP contribution >= 0.6 is 0 Å². The summed E-state index contributed by atoms with van der Waals surface area (Å²) in [5.74, 6) is 1.25. The number of allylic oxidation sites excluding steroid dienone is 1. The van der Waals surface area contributed by atoms with Crippen LogP contribution in [0.1, 0.15) is 58.1 Å². The molecule has 0 saturated carbocycles. The maximum absolute atomic E-state index is 5.71. The zero-order chi connectivity index (χ0) is 14.8. The van der Waals surface area contributed by atoms with E-state index in [4.69, 9.17) is 4.74 Å². The summed E-state index contributed by atoms with van der Waals surface area (Å²) in [5, 5.41) is 0. The first-order valence-corrected chi connectivity index (χ1v) is 7.61. The first kappa shape index (κ1) is 16.5. The molecular weight excluding hydrogens is 246 g/mol. The first-order valence-electron chi connectivity index (χ1n) is 7.61. The summed E-state index contributed by atoms with van der Waals surface area (Å²) in [6.45, 7) is 10.9. The fraction of sp³-hybridized carbons (Fsp3) is 0.500. The maximum atomic E-state index is 5.71. The normalized spacial score (nSPS) is 11.2. The summed E-state index contributed by atoms with van der Waals surface area (Å²) >= 11 is 0. The lowest BCUT2D eigenvalue weighted by Gasteiger charge is -2.15. The highest BCUT2D eigenvalue weighted by Crippen LogP contribution is 2.26. The van der Waals surface area contributed by atoms with Gasteiger partial charge in [0.1, 0.15) is 6.61 Å². The van der Waals surface area contributed by atoms with E-state index in [0.29, 0.717) is 18.4 Å². The molecule has 0 aliphatic carbocycles. The van der Waals surface area contributed by atoms with Crippen LogP contribution < -0.4 is 4.74 Å². The average molecular weight is 273 g/mol. The van der Waals surface area contributed by atoms with Crippen molar-refractivity contribution < 1.29 is 4.74 Å². The van der Waals surface area contributed by atoms with Crippen LogP contribution in [0.4, 0.5) is 0 Å². The van der Waals surface area contributed by atoms with Gasteiger partial charge in [0, 0.05) is 17.7 Å². The van der Waals surface area contributed by atoms with Gasteiger partial charge in [-0.3, -0.25) is 0 Å². The molecule has 0 saturated heterocycles. The van der Waals surface area contributed by atoms with Gasteiger partial charge < -0.3 is 4.74 Å². The molecule has 0 N–H and O–H groups in total. The van der Waals surface area contributed by atoms with Crippen LogP contribution in [0.5, 0.6) is 5.88 Å². The molecule has 0 aromatic carbocycles. The molecule has 0 fully saturated rings. The van der Waals surface area contributed by atoms with E-state index in [0.717, 1.165) is 11.3 Å². The molecule has 0 spiro atoms. The highest BCUT2D eigenvalue weighted by atomic mass is 16.5. The van der Waals surface area contributed by atoms with Crippen LogP contribution in [0.15, 0.2) is 42.5 Å². The van der Waals surface area contributed by atoms with E-state index in [9.17, 15) is 0 Å². The molecule has 0 bridgehead atoms. The fourth-order valence-electron chi connectivity index (χ4n) is 2.33. The van der Waals surface area contributed by atoms with Gasteiger partial charge in [0.05, 0.1) is 0 Å². The van der Waals surface area contributed by atoms with Crippen molar-refractivity contribution in [3.8, 4) is 5.88 Å². The lowest BCUT2D eigenvalue weighted by Crippen LogP contribution is -2.05. The lowest BCUT2D eigenvalue weighted by molar-refractivity contribution is 0.339. The smallest absolute Gasteiger partial charge is 0.213 e. The third-order valence-electron chi connectivity index (χ3n) is 3.25. The van der Waals surface area contributed by atoms with Crippen molar-refractivity contribution in [2.45, 2.75) is 52.4 Å². The van der Waals surface area contributed by atoms with Crippen molar-refractivity contribution >= 4 is 0 Å². The SMILES string of the molecule is C=C(/C=C\C)COc1cccc(C(CCC)CCC)n1. The summed E-state index contributed by atoms with van der Waals surface area (Å²) in [5.41, 5.74) is 2.11. The summed E-state index contributed by atoms with van der Waals surface area (Å²) in [6.07, 6.45) is 8.69. The topological polar surface area (TPSA) is 22.1 Å². The number of aromatic nitrogens is 1. The number of hydrogen-bond donors (Lipinski definition) is 0. The molecule has 1 rings (SSSR count). The number of ether oxygens (including phenoxy) is 1. The summed E-state index contributed by atoms with van der Waals surface area (Å²) in [6, 6.07) is 6.07. The van der Waals surface area contributed by atoms with Gasteiger partial charge in [-0.05, 0) is 31.4 Å². The quantitative estimate of drug-likeness (QED) is 0.571. The van der Waals surface area contributed by atoms with E-state index in [1.54, 1.807) is 0 Å². The molecule has 0 aliphatic rings. The summed E-state index contributed by atoms with van der Waals surface area (Å²) < 4.78 is 5.71. The minimum absolute atomic E-state index is 0.493. The Morgan fingerprint density at radius 1 is 1.30 bits per heavy atom. The molecule has 0 aliphatic heterocycles. The van der Waals surface area contributed by atoms with E-state index in [2.05, 4.69) is 31.5 Å². The van der Waals surface area contributed by atoms with Crippen molar-refractivity contribution in [2.24, 2.45) is 0 Å². The van der Waals surface area contributed by atoms with Crippen molar-refractivity contribution in [1.29, 1.82) is 0 Å². The molecule has 110 valence electrons. The summed E-state index contributed by atoms with van der Waals surface area (Å²) in [4.78, 5) is 4.65. The van der Waals surface area contributed by atoms with Gasteiger partial charge in [-0.15, -0.1) is 0 Å². The number of pyridine rings is 1. The van der Waals surface area contributed by atoms with E-state index in [1.165, 1.54) is 25.7 Å². The predicted molar refractivity (Wildman–Crippen MR) is 86.2 cm³/mol. The zero-order valence-electron chi connectivity index (χ0n) is 13.1. The molecule has 0 radical (unpaired) electrons. The Balaban J connectivity index is 2.70. The van der Waals surface area contributed by atoms with Crippen molar-refractivity contribution in [3.05, 3.63) is 48.2 Å².